The van der Waals surface area contributed by atoms with Crippen LogP contribution in [0.25, 0.3) is 0 Å². The molecule has 0 atom stereocenters. The van der Waals surface area contributed by atoms with E-state index < -0.39 is 0 Å². The molecule has 18 heavy (non-hydrogen) atoms. The van der Waals surface area contributed by atoms with Crippen molar-refractivity contribution >= 4 is 17.5 Å². The highest BCUT2D eigenvalue weighted by atomic mass is 16.2. The zero-order valence-corrected chi connectivity index (χ0v) is 11.0. The minimum atomic E-state index is -0.160. The number of rotatable bonds is 6. The molecule has 0 heterocycles. The maximum atomic E-state index is 11.8. The molecule has 0 aromatic heterocycles. The van der Waals surface area contributed by atoms with Crippen LogP contribution < -0.4 is 5.32 Å². The normalized spacial score (nSPS) is 9.89. The molecule has 4 nitrogen and oxygen atoms in total. The Labute approximate surface area is 108 Å². The molecule has 0 aliphatic rings. The smallest absolute Gasteiger partial charge is 0.243 e. The van der Waals surface area contributed by atoms with Crippen LogP contribution in [-0.2, 0) is 9.59 Å². The Hall–Kier alpha value is -1.84. The Bertz CT molecular complexity index is 390. The zero-order chi connectivity index (χ0) is 13.4. The van der Waals surface area contributed by atoms with Gasteiger partial charge in [-0.15, -0.1) is 0 Å². The first-order valence-electron chi connectivity index (χ1n) is 6.24. The number of hydrogen-bond donors (Lipinski definition) is 1. The summed E-state index contributed by atoms with van der Waals surface area (Å²) in [7, 11) is 0. The molecular weight excluding hydrogens is 228 g/mol. The van der Waals surface area contributed by atoms with Gasteiger partial charge in [-0.05, 0) is 18.6 Å². The average Bonchev–Trinajstić information content (AvgIpc) is 2.35. The van der Waals surface area contributed by atoms with Crippen molar-refractivity contribution in [3.05, 3.63) is 30.3 Å². The first kappa shape index (κ1) is 14.2. The van der Waals surface area contributed by atoms with Crippen molar-refractivity contribution in [2.45, 2.75) is 26.7 Å². The first-order chi connectivity index (χ1) is 8.63. The number of anilines is 1. The second kappa shape index (κ2) is 7.48. The highest BCUT2D eigenvalue weighted by Crippen LogP contribution is 2.05. The Morgan fingerprint density at radius 2 is 1.89 bits per heavy atom. The first-order valence-corrected chi connectivity index (χ1v) is 6.24. The van der Waals surface area contributed by atoms with Gasteiger partial charge in [0.05, 0.1) is 6.54 Å². The Morgan fingerprint density at radius 3 is 2.44 bits per heavy atom. The van der Waals surface area contributed by atoms with Crippen LogP contribution in [-0.4, -0.2) is 29.8 Å². The van der Waals surface area contributed by atoms with Gasteiger partial charge < -0.3 is 10.2 Å². The molecule has 1 aromatic rings. The summed E-state index contributed by atoms with van der Waals surface area (Å²) in [6.45, 7) is 4.30. The van der Waals surface area contributed by atoms with Crippen molar-refractivity contribution < 1.29 is 9.59 Å². The predicted octanol–water partition coefficient (Wildman–Crippen LogP) is 2.27. The van der Waals surface area contributed by atoms with Crippen molar-refractivity contribution in [3.63, 3.8) is 0 Å². The number of nitrogens with zero attached hydrogens (tertiary/aromatic N) is 1. The molecule has 1 aromatic carbocycles. The van der Waals surface area contributed by atoms with E-state index in [0.717, 1.165) is 18.5 Å². The molecule has 1 rings (SSSR count). The summed E-state index contributed by atoms with van der Waals surface area (Å²) in [5, 5.41) is 2.77. The summed E-state index contributed by atoms with van der Waals surface area (Å²) in [6.07, 6.45) is 1.92. The van der Waals surface area contributed by atoms with Crippen molar-refractivity contribution in [3.8, 4) is 0 Å². The lowest BCUT2D eigenvalue weighted by Gasteiger charge is -2.20. The van der Waals surface area contributed by atoms with Gasteiger partial charge >= 0.3 is 0 Å². The Kier molecular flexibility index (Phi) is 5.91. The van der Waals surface area contributed by atoms with E-state index in [1.54, 1.807) is 4.90 Å². The summed E-state index contributed by atoms with van der Waals surface area (Å²) in [5.41, 5.74) is 0.751. The molecule has 0 unspecified atom stereocenters. The molecule has 0 saturated carbocycles. The van der Waals surface area contributed by atoms with E-state index in [4.69, 9.17) is 0 Å². The van der Waals surface area contributed by atoms with Gasteiger partial charge in [0.15, 0.2) is 0 Å². The summed E-state index contributed by atoms with van der Waals surface area (Å²) in [6, 6.07) is 9.24. The maximum Gasteiger partial charge on any atom is 0.243 e. The standard InChI is InChI=1S/C14H20N2O2/c1-3-4-10-16(12(2)17)11-14(18)15-13-8-6-5-7-9-13/h5-9H,3-4,10-11H2,1-2H3,(H,15,18). The zero-order valence-electron chi connectivity index (χ0n) is 11.0. The molecule has 0 bridgehead atoms. The minimum absolute atomic E-state index is 0.0633. The van der Waals surface area contributed by atoms with Crippen LogP contribution in [0.3, 0.4) is 0 Å². The molecule has 1 N–H and O–H groups in total. The highest BCUT2D eigenvalue weighted by Gasteiger charge is 2.12. The van der Waals surface area contributed by atoms with Gasteiger partial charge in [-0.2, -0.15) is 0 Å². The number of amides is 2. The number of carbonyl (C=O) groups excluding carboxylic acids is 2. The van der Waals surface area contributed by atoms with Crippen LogP contribution in [0.1, 0.15) is 26.7 Å². The topological polar surface area (TPSA) is 49.4 Å². The van der Waals surface area contributed by atoms with Crippen LogP contribution >= 0.6 is 0 Å². The molecule has 98 valence electrons. The fourth-order valence-corrected chi connectivity index (χ4v) is 1.59. The number of benzene rings is 1. The molecule has 4 heteroatoms. The van der Waals surface area contributed by atoms with Gasteiger partial charge in [-0.25, -0.2) is 0 Å². The Balaban J connectivity index is 2.48. The summed E-state index contributed by atoms with van der Waals surface area (Å²) < 4.78 is 0. The van der Waals surface area contributed by atoms with E-state index in [0.29, 0.717) is 6.54 Å². The van der Waals surface area contributed by atoms with E-state index in [1.165, 1.54) is 6.92 Å². The molecule has 2 amide bonds. The fraction of sp³-hybridized carbons (Fsp3) is 0.429. The van der Waals surface area contributed by atoms with Crippen LogP contribution in [0.2, 0.25) is 0 Å². The van der Waals surface area contributed by atoms with Crippen molar-refractivity contribution in [2.24, 2.45) is 0 Å². The largest absolute Gasteiger partial charge is 0.334 e. The molecule has 0 saturated heterocycles. The lowest BCUT2D eigenvalue weighted by Crippen LogP contribution is -2.37. The predicted molar refractivity (Wildman–Crippen MR) is 72.2 cm³/mol. The second-order valence-electron chi connectivity index (χ2n) is 4.21. The summed E-state index contributed by atoms with van der Waals surface area (Å²) in [4.78, 5) is 24.7. The molecule has 0 aliphatic carbocycles. The highest BCUT2D eigenvalue weighted by molar-refractivity contribution is 5.94. The fourth-order valence-electron chi connectivity index (χ4n) is 1.59. The van der Waals surface area contributed by atoms with Gasteiger partial charge in [0, 0.05) is 19.2 Å². The van der Waals surface area contributed by atoms with Crippen LogP contribution in [0.15, 0.2) is 30.3 Å². The van der Waals surface area contributed by atoms with Gasteiger partial charge in [-0.1, -0.05) is 31.5 Å². The van der Waals surface area contributed by atoms with Crippen molar-refractivity contribution in [2.75, 3.05) is 18.4 Å². The molecule has 0 fully saturated rings. The van der Waals surface area contributed by atoms with E-state index in [1.807, 2.05) is 30.3 Å². The van der Waals surface area contributed by atoms with Crippen LogP contribution in [0, 0.1) is 0 Å². The number of para-hydroxylation sites is 1. The summed E-state index contributed by atoms with van der Waals surface area (Å²) in [5.74, 6) is -0.223. The number of unbranched alkanes of at least 4 members (excludes halogenated alkanes) is 1. The van der Waals surface area contributed by atoms with E-state index in [2.05, 4.69) is 12.2 Å². The second-order valence-corrected chi connectivity index (χ2v) is 4.21. The van der Waals surface area contributed by atoms with Gasteiger partial charge in [0.25, 0.3) is 0 Å². The lowest BCUT2D eigenvalue weighted by molar-refractivity contribution is -0.132. The average molecular weight is 248 g/mol. The molecular formula is C14H20N2O2. The molecule has 0 aliphatic heterocycles. The van der Waals surface area contributed by atoms with Gasteiger partial charge in [0.2, 0.25) is 11.8 Å². The number of carbonyl (C=O) groups is 2. The van der Waals surface area contributed by atoms with E-state index >= 15 is 0 Å². The third-order valence-corrected chi connectivity index (χ3v) is 2.62. The minimum Gasteiger partial charge on any atom is -0.334 e. The van der Waals surface area contributed by atoms with Crippen molar-refractivity contribution in [1.82, 2.24) is 4.90 Å². The van der Waals surface area contributed by atoms with Crippen molar-refractivity contribution in [1.29, 1.82) is 0 Å². The molecule has 0 spiro atoms. The molecule has 0 radical (unpaired) electrons. The summed E-state index contributed by atoms with van der Waals surface area (Å²) >= 11 is 0. The SMILES string of the molecule is CCCCN(CC(=O)Nc1ccccc1)C(C)=O. The van der Waals surface area contributed by atoms with Gasteiger partial charge in [-0.3, -0.25) is 9.59 Å². The van der Waals surface area contributed by atoms with Crippen LogP contribution in [0.4, 0.5) is 5.69 Å². The Morgan fingerprint density at radius 1 is 1.22 bits per heavy atom. The third-order valence-electron chi connectivity index (χ3n) is 2.62. The quantitative estimate of drug-likeness (QED) is 0.839. The van der Waals surface area contributed by atoms with Crippen LogP contribution in [0.5, 0.6) is 0 Å². The van der Waals surface area contributed by atoms with E-state index in [9.17, 15) is 9.59 Å². The lowest BCUT2D eigenvalue weighted by atomic mass is 10.3. The third kappa shape index (κ3) is 4.99. The maximum absolute atomic E-state index is 11.8. The monoisotopic (exact) mass is 248 g/mol. The number of hydrogen-bond acceptors (Lipinski definition) is 2. The van der Waals surface area contributed by atoms with Gasteiger partial charge in [0.1, 0.15) is 0 Å². The number of nitrogens with one attached hydrogen (secondary N) is 1. The van der Waals surface area contributed by atoms with E-state index in [-0.39, 0.29) is 18.4 Å².